The number of aliphatic hydroxyl groups excluding tert-OH is 1. The summed E-state index contributed by atoms with van der Waals surface area (Å²) in [6, 6.07) is 9.95. The lowest BCUT2D eigenvalue weighted by Crippen LogP contribution is -1.96. The number of hydrogen-bond acceptors (Lipinski definition) is 5. The maximum absolute atomic E-state index is 13.4. The molecule has 0 bridgehead atoms. The minimum Gasteiger partial charge on any atom is -0.390 e. The number of fused-ring (bicyclic) bond motifs is 1. The van der Waals surface area contributed by atoms with Gasteiger partial charge in [0.1, 0.15) is 10.8 Å². The van der Waals surface area contributed by atoms with E-state index in [1.54, 1.807) is 29.0 Å². The van der Waals surface area contributed by atoms with E-state index in [-0.39, 0.29) is 12.4 Å². The summed E-state index contributed by atoms with van der Waals surface area (Å²) < 4.78 is 15.0. The first kappa shape index (κ1) is 14.0. The van der Waals surface area contributed by atoms with Crippen molar-refractivity contribution in [2.45, 2.75) is 6.61 Å². The summed E-state index contributed by atoms with van der Waals surface area (Å²) in [5.74, 6) is -0.311. The van der Waals surface area contributed by atoms with Crippen molar-refractivity contribution in [3.63, 3.8) is 0 Å². The third-order valence-electron chi connectivity index (χ3n) is 3.45. The molecule has 1 aromatic carbocycles. The van der Waals surface area contributed by atoms with E-state index >= 15 is 0 Å². The predicted octanol–water partition coefficient (Wildman–Crippen LogP) is 3.15. The lowest BCUT2D eigenvalue weighted by atomic mass is 10.2. The van der Waals surface area contributed by atoms with Gasteiger partial charge in [0.2, 0.25) is 4.96 Å². The zero-order chi connectivity index (χ0) is 15.8. The van der Waals surface area contributed by atoms with Crippen molar-refractivity contribution in [2.24, 2.45) is 0 Å². The van der Waals surface area contributed by atoms with Crippen LogP contribution in [0, 0.1) is 5.82 Å². The van der Waals surface area contributed by atoms with Gasteiger partial charge < -0.3 is 5.11 Å². The van der Waals surface area contributed by atoms with Gasteiger partial charge in [-0.1, -0.05) is 23.5 Å². The molecule has 0 saturated carbocycles. The molecule has 0 spiro atoms. The van der Waals surface area contributed by atoms with Gasteiger partial charge in [0.25, 0.3) is 0 Å². The monoisotopic (exact) mass is 326 g/mol. The smallest absolute Gasteiger partial charge is 0.213 e. The number of halogens is 1. The largest absolute Gasteiger partial charge is 0.390 e. The molecule has 7 heteroatoms. The Kier molecular flexibility index (Phi) is 3.36. The average molecular weight is 326 g/mol. The Morgan fingerprint density at radius 2 is 2.04 bits per heavy atom. The molecule has 0 radical (unpaired) electrons. The standard InChI is InChI=1S/C16H11FN4OS/c17-12-5-1-3-10(7-12)15-20-21-13(9-22)14(19-16(21)23-15)11-4-2-6-18-8-11/h1-8,22H,9H2. The molecular formula is C16H11FN4OS. The maximum Gasteiger partial charge on any atom is 0.213 e. The number of rotatable bonds is 3. The quantitative estimate of drug-likeness (QED) is 0.628. The molecule has 114 valence electrons. The Hall–Kier alpha value is -2.64. The van der Waals surface area contributed by atoms with Gasteiger partial charge in [0, 0.05) is 23.5 Å². The number of nitrogens with zero attached hydrogens (tertiary/aromatic N) is 4. The van der Waals surface area contributed by atoms with Crippen molar-refractivity contribution >= 4 is 16.3 Å². The van der Waals surface area contributed by atoms with Crippen molar-refractivity contribution in [3.8, 4) is 21.8 Å². The van der Waals surface area contributed by atoms with Crippen molar-refractivity contribution in [1.29, 1.82) is 0 Å². The van der Waals surface area contributed by atoms with Crippen LogP contribution < -0.4 is 0 Å². The molecule has 4 aromatic rings. The molecule has 0 atom stereocenters. The molecule has 0 saturated heterocycles. The minimum absolute atomic E-state index is 0.197. The van der Waals surface area contributed by atoms with E-state index in [0.717, 1.165) is 5.56 Å². The second-order valence-electron chi connectivity index (χ2n) is 4.92. The second kappa shape index (κ2) is 5.53. The SMILES string of the molecule is OCc1c(-c2cccnc2)nc2sc(-c3cccc(F)c3)nn12. The molecule has 23 heavy (non-hydrogen) atoms. The van der Waals surface area contributed by atoms with E-state index in [1.807, 2.05) is 12.1 Å². The number of aliphatic hydroxyl groups is 1. The molecule has 4 rings (SSSR count). The van der Waals surface area contributed by atoms with Crippen LogP contribution in [0.3, 0.4) is 0 Å². The third-order valence-corrected chi connectivity index (χ3v) is 4.41. The summed E-state index contributed by atoms with van der Waals surface area (Å²) >= 11 is 1.35. The zero-order valence-electron chi connectivity index (χ0n) is 11.8. The highest BCUT2D eigenvalue weighted by Gasteiger charge is 2.18. The maximum atomic E-state index is 13.4. The summed E-state index contributed by atoms with van der Waals surface area (Å²) in [6.45, 7) is -0.197. The Morgan fingerprint density at radius 1 is 1.17 bits per heavy atom. The van der Waals surface area contributed by atoms with Gasteiger partial charge in [0.15, 0.2) is 0 Å². The first-order valence-corrected chi connectivity index (χ1v) is 7.73. The van der Waals surface area contributed by atoms with Crippen LogP contribution in [0.25, 0.3) is 26.8 Å². The summed E-state index contributed by atoms with van der Waals surface area (Å²) in [7, 11) is 0. The average Bonchev–Trinajstić information content (AvgIpc) is 3.13. The van der Waals surface area contributed by atoms with Gasteiger partial charge in [-0.15, -0.1) is 0 Å². The fourth-order valence-corrected chi connectivity index (χ4v) is 3.32. The fraction of sp³-hybridized carbons (Fsp3) is 0.0625. The van der Waals surface area contributed by atoms with Crippen LogP contribution in [0.1, 0.15) is 5.69 Å². The molecule has 5 nitrogen and oxygen atoms in total. The van der Waals surface area contributed by atoms with Crippen molar-refractivity contribution in [3.05, 3.63) is 60.3 Å². The highest BCUT2D eigenvalue weighted by atomic mass is 32.1. The topological polar surface area (TPSA) is 63.3 Å². The van der Waals surface area contributed by atoms with Crippen LogP contribution in [-0.2, 0) is 6.61 Å². The first-order valence-electron chi connectivity index (χ1n) is 6.92. The first-order chi connectivity index (χ1) is 11.3. The van der Waals surface area contributed by atoms with Gasteiger partial charge >= 0.3 is 0 Å². The van der Waals surface area contributed by atoms with E-state index in [1.165, 1.54) is 23.5 Å². The van der Waals surface area contributed by atoms with Crippen molar-refractivity contribution < 1.29 is 9.50 Å². The number of aromatic nitrogens is 4. The number of hydrogen-bond donors (Lipinski definition) is 1. The summed E-state index contributed by atoms with van der Waals surface area (Å²) in [5.41, 5.74) is 2.76. The Bertz CT molecular complexity index is 980. The van der Waals surface area contributed by atoms with Crippen LogP contribution in [0.2, 0.25) is 0 Å². The summed E-state index contributed by atoms with van der Waals surface area (Å²) in [6.07, 6.45) is 3.37. The molecular weight excluding hydrogens is 315 g/mol. The van der Waals surface area contributed by atoms with Crippen LogP contribution in [0.4, 0.5) is 4.39 Å². The van der Waals surface area contributed by atoms with E-state index < -0.39 is 0 Å². The lowest BCUT2D eigenvalue weighted by Gasteiger charge is -2.00. The molecule has 0 aliphatic heterocycles. The zero-order valence-corrected chi connectivity index (χ0v) is 12.7. The minimum atomic E-state index is -0.311. The van der Waals surface area contributed by atoms with Gasteiger partial charge in [-0.3, -0.25) is 4.98 Å². The van der Waals surface area contributed by atoms with Crippen LogP contribution in [0.15, 0.2) is 48.8 Å². The molecule has 0 amide bonds. The van der Waals surface area contributed by atoms with Crippen molar-refractivity contribution in [1.82, 2.24) is 19.6 Å². The number of imidazole rings is 1. The van der Waals surface area contributed by atoms with Gasteiger partial charge in [0.05, 0.1) is 18.0 Å². The highest BCUT2D eigenvalue weighted by Crippen LogP contribution is 2.30. The number of benzene rings is 1. The van der Waals surface area contributed by atoms with Crippen molar-refractivity contribution in [2.75, 3.05) is 0 Å². The van der Waals surface area contributed by atoms with E-state index in [0.29, 0.717) is 26.9 Å². The Labute approximate surface area is 134 Å². The highest BCUT2D eigenvalue weighted by molar-refractivity contribution is 7.19. The van der Waals surface area contributed by atoms with Gasteiger partial charge in [-0.05, 0) is 24.3 Å². The molecule has 0 aliphatic carbocycles. The van der Waals surface area contributed by atoms with Gasteiger partial charge in [-0.2, -0.15) is 5.10 Å². The van der Waals surface area contributed by atoms with Gasteiger partial charge in [-0.25, -0.2) is 13.9 Å². The Morgan fingerprint density at radius 3 is 2.78 bits per heavy atom. The molecule has 0 aliphatic rings. The molecule has 0 fully saturated rings. The van der Waals surface area contributed by atoms with Crippen LogP contribution in [0.5, 0.6) is 0 Å². The summed E-state index contributed by atoms with van der Waals surface area (Å²) in [4.78, 5) is 9.27. The summed E-state index contributed by atoms with van der Waals surface area (Å²) in [5, 5.41) is 14.8. The molecule has 1 N–H and O–H groups in total. The molecule has 3 heterocycles. The lowest BCUT2D eigenvalue weighted by molar-refractivity contribution is 0.275. The molecule has 3 aromatic heterocycles. The molecule has 0 unspecified atom stereocenters. The second-order valence-corrected chi connectivity index (χ2v) is 5.87. The predicted molar refractivity (Wildman–Crippen MR) is 85.4 cm³/mol. The fourth-order valence-electron chi connectivity index (χ4n) is 2.40. The van der Waals surface area contributed by atoms with E-state index in [4.69, 9.17) is 0 Å². The number of pyridine rings is 1. The Balaban J connectivity index is 1.87. The van der Waals surface area contributed by atoms with Crippen LogP contribution in [-0.4, -0.2) is 24.7 Å². The van der Waals surface area contributed by atoms with E-state index in [9.17, 15) is 9.50 Å². The van der Waals surface area contributed by atoms with Crippen LogP contribution >= 0.6 is 11.3 Å². The normalized spacial score (nSPS) is 11.2. The van der Waals surface area contributed by atoms with E-state index in [2.05, 4.69) is 15.1 Å². The third kappa shape index (κ3) is 2.39.